The summed E-state index contributed by atoms with van der Waals surface area (Å²) in [6.07, 6.45) is 1.82. The van der Waals surface area contributed by atoms with Gasteiger partial charge in [-0.2, -0.15) is 0 Å². The number of rotatable bonds is 9. The smallest absolute Gasteiger partial charge is 0.233 e. The van der Waals surface area contributed by atoms with Crippen molar-refractivity contribution in [2.45, 2.75) is 37.6 Å². The summed E-state index contributed by atoms with van der Waals surface area (Å²) in [5.74, 6) is 1.28. The number of aliphatic hydroxyl groups excluding tert-OH is 1. The van der Waals surface area contributed by atoms with E-state index in [-0.39, 0.29) is 18.6 Å². The summed E-state index contributed by atoms with van der Waals surface area (Å²) in [6.45, 7) is 4.56. The van der Waals surface area contributed by atoms with Gasteiger partial charge in [0.2, 0.25) is 5.91 Å². The SMILES string of the molecule is CCC(CC)N(CCO)C(=O)CSc1ccc(OC)cc1. The van der Waals surface area contributed by atoms with Gasteiger partial charge in [-0.05, 0) is 37.1 Å². The Morgan fingerprint density at radius 3 is 2.38 bits per heavy atom. The second-order valence-electron chi connectivity index (χ2n) is 4.75. The van der Waals surface area contributed by atoms with Crippen LogP contribution in [0, 0.1) is 0 Å². The van der Waals surface area contributed by atoms with Crippen molar-refractivity contribution in [2.24, 2.45) is 0 Å². The number of nitrogens with zero attached hydrogens (tertiary/aromatic N) is 1. The third kappa shape index (κ3) is 5.59. The molecule has 1 aromatic carbocycles. The quantitative estimate of drug-likeness (QED) is 0.713. The minimum atomic E-state index is 0.00937. The normalized spacial score (nSPS) is 10.7. The van der Waals surface area contributed by atoms with Crippen molar-refractivity contribution in [3.05, 3.63) is 24.3 Å². The fraction of sp³-hybridized carbons (Fsp3) is 0.562. The third-order valence-corrected chi connectivity index (χ3v) is 4.46. The molecule has 118 valence electrons. The summed E-state index contributed by atoms with van der Waals surface area (Å²) < 4.78 is 5.11. The Morgan fingerprint density at radius 1 is 1.29 bits per heavy atom. The van der Waals surface area contributed by atoms with Gasteiger partial charge in [0, 0.05) is 17.5 Å². The van der Waals surface area contributed by atoms with Crippen LogP contribution in [0.5, 0.6) is 5.75 Å². The zero-order chi connectivity index (χ0) is 15.7. The van der Waals surface area contributed by atoms with Gasteiger partial charge in [0.05, 0.1) is 19.5 Å². The van der Waals surface area contributed by atoms with Gasteiger partial charge in [-0.3, -0.25) is 4.79 Å². The molecule has 0 saturated heterocycles. The molecule has 0 bridgehead atoms. The van der Waals surface area contributed by atoms with Crippen molar-refractivity contribution < 1.29 is 14.6 Å². The zero-order valence-electron chi connectivity index (χ0n) is 13.0. The molecular weight excluding hydrogens is 286 g/mol. The van der Waals surface area contributed by atoms with E-state index in [1.54, 1.807) is 12.0 Å². The highest BCUT2D eigenvalue weighted by Gasteiger charge is 2.20. The summed E-state index contributed by atoms with van der Waals surface area (Å²) in [4.78, 5) is 15.2. The predicted molar refractivity (Wildman–Crippen MR) is 86.9 cm³/mol. The molecule has 0 aromatic heterocycles. The van der Waals surface area contributed by atoms with Gasteiger partial charge in [-0.1, -0.05) is 13.8 Å². The first kappa shape index (κ1) is 17.9. The highest BCUT2D eigenvalue weighted by atomic mass is 32.2. The van der Waals surface area contributed by atoms with Crippen molar-refractivity contribution >= 4 is 17.7 Å². The van der Waals surface area contributed by atoms with E-state index in [2.05, 4.69) is 13.8 Å². The monoisotopic (exact) mass is 311 g/mol. The lowest BCUT2D eigenvalue weighted by Gasteiger charge is -2.30. The summed E-state index contributed by atoms with van der Waals surface area (Å²) in [5.41, 5.74) is 0. The van der Waals surface area contributed by atoms with Crippen LogP contribution >= 0.6 is 11.8 Å². The van der Waals surface area contributed by atoms with Crippen LogP contribution < -0.4 is 4.74 Å². The van der Waals surface area contributed by atoms with Crippen LogP contribution in [-0.4, -0.2) is 48.0 Å². The summed E-state index contributed by atoms with van der Waals surface area (Å²) >= 11 is 1.51. The van der Waals surface area contributed by atoms with Crippen molar-refractivity contribution in [3.63, 3.8) is 0 Å². The van der Waals surface area contributed by atoms with Gasteiger partial charge >= 0.3 is 0 Å². The number of amides is 1. The fourth-order valence-electron chi connectivity index (χ4n) is 2.25. The Morgan fingerprint density at radius 2 is 1.90 bits per heavy atom. The molecule has 0 aliphatic heterocycles. The standard InChI is InChI=1S/C16H25NO3S/c1-4-13(5-2)17(10-11-18)16(19)12-21-15-8-6-14(20-3)7-9-15/h6-9,13,18H,4-5,10-12H2,1-3H3. The van der Waals surface area contributed by atoms with E-state index in [4.69, 9.17) is 9.84 Å². The van der Waals surface area contributed by atoms with Crippen LogP contribution in [0.25, 0.3) is 0 Å². The molecule has 1 rings (SSSR count). The van der Waals surface area contributed by atoms with Gasteiger partial charge < -0.3 is 14.7 Å². The zero-order valence-corrected chi connectivity index (χ0v) is 13.9. The molecule has 5 heteroatoms. The summed E-state index contributed by atoms with van der Waals surface area (Å²) in [6, 6.07) is 7.88. The summed E-state index contributed by atoms with van der Waals surface area (Å²) in [7, 11) is 1.63. The van der Waals surface area contributed by atoms with E-state index < -0.39 is 0 Å². The van der Waals surface area contributed by atoms with E-state index in [1.807, 2.05) is 24.3 Å². The second kappa shape index (κ2) is 9.68. The van der Waals surface area contributed by atoms with E-state index in [1.165, 1.54) is 11.8 Å². The Hall–Kier alpha value is -1.20. The van der Waals surface area contributed by atoms with Crippen molar-refractivity contribution in [1.82, 2.24) is 4.90 Å². The van der Waals surface area contributed by atoms with Crippen LogP contribution in [0.1, 0.15) is 26.7 Å². The van der Waals surface area contributed by atoms with Gasteiger partial charge in [0.15, 0.2) is 0 Å². The molecule has 0 atom stereocenters. The highest BCUT2D eigenvalue weighted by Crippen LogP contribution is 2.22. The maximum absolute atomic E-state index is 12.4. The number of carbonyl (C=O) groups excluding carboxylic acids is 1. The number of methoxy groups -OCH3 is 1. The molecule has 0 unspecified atom stereocenters. The Kier molecular flexibility index (Phi) is 8.23. The maximum Gasteiger partial charge on any atom is 0.233 e. The number of thioether (sulfide) groups is 1. The topological polar surface area (TPSA) is 49.8 Å². The number of hydrogen-bond acceptors (Lipinski definition) is 4. The first-order chi connectivity index (χ1) is 10.2. The van der Waals surface area contributed by atoms with Gasteiger partial charge in [0.1, 0.15) is 5.75 Å². The van der Waals surface area contributed by atoms with Gasteiger partial charge in [-0.25, -0.2) is 0 Å². The molecule has 1 amide bonds. The van der Waals surface area contributed by atoms with Crippen molar-refractivity contribution in [2.75, 3.05) is 26.0 Å². The lowest BCUT2D eigenvalue weighted by molar-refractivity contribution is -0.131. The first-order valence-corrected chi connectivity index (χ1v) is 8.31. The molecule has 1 aromatic rings. The molecule has 0 saturated carbocycles. The molecule has 0 aliphatic rings. The van der Waals surface area contributed by atoms with Gasteiger partial charge in [-0.15, -0.1) is 11.8 Å². The highest BCUT2D eigenvalue weighted by molar-refractivity contribution is 8.00. The molecule has 0 spiro atoms. The lowest BCUT2D eigenvalue weighted by atomic mass is 10.1. The third-order valence-electron chi connectivity index (χ3n) is 3.47. The maximum atomic E-state index is 12.4. The number of carbonyl (C=O) groups is 1. The number of hydrogen-bond donors (Lipinski definition) is 1. The van der Waals surface area contributed by atoms with Crippen LogP contribution in [0.4, 0.5) is 0 Å². The van der Waals surface area contributed by atoms with E-state index in [0.717, 1.165) is 23.5 Å². The number of aliphatic hydroxyl groups is 1. The molecule has 21 heavy (non-hydrogen) atoms. The first-order valence-electron chi connectivity index (χ1n) is 7.33. The van der Waals surface area contributed by atoms with Crippen molar-refractivity contribution in [1.29, 1.82) is 0 Å². The van der Waals surface area contributed by atoms with Crippen LogP contribution in [0.2, 0.25) is 0 Å². The number of ether oxygens (including phenoxy) is 1. The largest absolute Gasteiger partial charge is 0.497 e. The Bertz CT molecular complexity index is 418. The molecule has 4 nitrogen and oxygen atoms in total. The summed E-state index contributed by atoms with van der Waals surface area (Å²) in [5, 5.41) is 9.15. The van der Waals surface area contributed by atoms with Gasteiger partial charge in [0.25, 0.3) is 0 Å². The average molecular weight is 311 g/mol. The van der Waals surface area contributed by atoms with E-state index in [9.17, 15) is 4.79 Å². The van der Waals surface area contributed by atoms with Crippen LogP contribution in [0.3, 0.4) is 0 Å². The number of benzene rings is 1. The van der Waals surface area contributed by atoms with Crippen LogP contribution in [0.15, 0.2) is 29.2 Å². The fourth-order valence-corrected chi connectivity index (χ4v) is 3.03. The van der Waals surface area contributed by atoms with E-state index >= 15 is 0 Å². The predicted octanol–water partition coefficient (Wildman–Crippen LogP) is 2.80. The van der Waals surface area contributed by atoms with E-state index in [0.29, 0.717) is 12.3 Å². The minimum Gasteiger partial charge on any atom is -0.497 e. The molecule has 1 N–H and O–H groups in total. The Labute approximate surface area is 131 Å². The molecular formula is C16H25NO3S. The Balaban J connectivity index is 2.59. The molecule has 0 radical (unpaired) electrons. The average Bonchev–Trinajstić information content (AvgIpc) is 2.53. The minimum absolute atomic E-state index is 0.00937. The molecule has 0 heterocycles. The molecule has 0 aliphatic carbocycles. The van der Waals surface area contributed by atoms with Crippen molar-refractivity contribution in [3.8, 4) is 5.75 Å². The van der Waals surface area contributed by atoms with Crippen LogP contribution in [-0.2, 0) is 4.79 Å². The lowest BCUT2D eigenvalue weighted by Crippen LogP contribution is -2.42. The molecule has 0 fully saturated rings. The second-order valence-corrected chi connectivity index (χ2v) is 5.79.